The molecule has 0 bridgehead atoms. The first-order chi connectivity index (χ1) is 17.4. The number of anilines is 3. The minimum absolute atomic E-state index is 0.396. The molecule has 1 fully saturated rings. The van der Waals surface area contributed by atoms with Crippen molar-refractivity contribution in [2.75, 3.05) is 36.2 Å². The quantitative estimate of drug-likeness (QED) is 0.309. The Balaban J connectivity index is 1.30. The van der Waals surface area contributed by atoms with E-state index < -0.39 is 0 Å². The van der Waals surface area contributed by atoms with Crippen molar-refractivity contribution in [1.82, 2.24) is 15.3 Å². The van der Waals surface area contributed by atoms with E-state index in [1.54, 1.807) is 0 Å². The van der Waals surface area contributed by atoms with Crippen LogP contribution in [0.15, 0.2) is 42.5 Å². The van der Waals surface area contributed by atoms with E-state index in [9.17, 15) is 0 Å². The van der Waals surface area contributed by atoms with Gasteiger partial charge in [-0.1, -0.05) is 51.1 Å². The van der Waals surface area contributed by atoms with E-state index in [0.717, 1.165) is 66.4 Å². The molecule has 1 aliphatic rings. The minimum Gasteiger partial charge on any atom is -0.362 e. The number of aryl methyl sites for hydroxylation is 1. The number of aromatic nitrogens is 2. The summed E-state index contributed by atoms with van der Waals surface area (Å²) in [5.41, 5.74) is 4.78. The smallest absolute Gasteiger partial charge is 0.225 e. The van der Waals surface area contributed by atoms with Crippen LogP contribution in [-0.2, 0) is 6.42 Å². The van der Waals surface area contributed by atoms with Crippen molar-refractivity contribution in [2.45, 2.75) is 64.8 Å². The van der Waals surface area contributed by atoms with Gasteiger partial charge in [0.2, 0.25) is 5.95 Å². The topological polar surface area (TPSA) is 65.1 Å². The van der Waals surface area contributed by atoms with Gasteiger partial charge in [-0.3, -0.25) is 0 Å². The highest BCUT2D eigenvalue weighted by Crippen LogP contribution is 2.30. The van der Waals surface area contributed by atoms with Crippen LogP contribution >= 0.6 is 12.2 Å². The molecule has 0 spiro atoms. The molecule has 4 rings (SSSR count). The lowest BCUT2D eigenvalue weighted by atomic mass is 9.86. The summed E-state index contributed by atoms with van der Waals surface area (Å²) in [6.45, 7) is 7.55. The van der Waals surface area contributed by atoms with Gasteiger partial charge in [-0.2, -0.15) is 4.98 Å². The van der Waals surface area contributed by atoms with Crippen LogP contribution in [0, 0.1) is 5.92 Å². The van der Waals surface area contributed by atoms with Gasteiger partial charge in [-0.15, -0.1) is 0 Å². The van der Waals surface area contributed by atoms with Crippen molar-refractivity contribution in [1.29, 1.82) is 0 Å². The van der Waals surface area contributed by atoms with Crippen LogP contribution in [0.2, 0.25) is 0 Å². The Bertz CT molecular complexity index is 1180. The van der Waals surface area contributed by atoms with Crippen molar-refractivity contribution >= 4 is 45.7 Å². The second kappa shape index (κ2) is 11.9. The molecule has 1 heterocycles. The number of hydrogen-bond donors (Lipinski definition) is 3. The summed E-state index contributed by atoms with van der Waals surface area (Å²) in [7, 11) is 4.06. The molecule has 0 radical (unpaired) electrons. The number of thiocarbonyl (C=S) groups is 1. The number of nitrogens with one attached hydrogen (secondary N) is 3. The monoisotopic (exact) mass is 504 g/mol. The van der Waals surface area contributed by atoms with Crippen LogP contribution < -0.4 is 20.9 Å². The van der Waals surface area contributed by atoms with Crippen LogP contribution in [0.4, 0.5) is 17.5 Å². The lowest BCUT2D eigenvalue weighted by Gasteiger charge is -2.30. The van der Waals surface area contributed by atoms with E-state index in [1.807, 2.05) is 26.2 Å². The fraction of sp³-hybridized carbons (Fsp3) is 0.483. The van der Waals surface area contributed by atoms with Gasteiger partial charge in [0.1, 0.15) is 5.82 Å². The molecule has 3 aromatic rings. The van der Waals surface area contributed by atoms with Gasteiger partial charge >= 0.3 is 0 Å². The van der Waals surface area contributed by atoms with E-state index >= 15 is 0 Å². The van der Waals surface area contributed by atoms with E-state index in [1.165, 1.54) is 16.8 Å². The van der Waals surface area contributed by atoms with E-state index in [-0.39, 0.29) is 0 Å². The van der Waals surface area contributed by atoms with Crippen LogP contribution in [0.5, 0.6) is 0 Å². The van der Waals surface area contributed by atoms with Crippen LogP contribution in [-0.4, -0.2) is 41.8 Å². The maximum atomic E-state index is 5.68. The van der Waals surface area contributed by atoms with Gasteiger partial charge in [0, 0.05) is 37.8 Å². The molecule has 6 nitrogen and oxygen atoms in total. The lowest BCUT2D eigenvalue weighted by Crippen LogP contribution is -2.36. The number of rotatable bonds is 8. The SMILES string of the molecule is CCc1cccc(C(C)C)c1NC(=S)NC[C@H]1CC[C@@H](Nc2nc(N(C)C)c3ccccc3n2)CC1. The van der Waals surface area contributed by atoms with Gasteiger partial charge in [0.05, 0.1) is 5.52 Å². The Kier molecular flexibility index (Phi) is 8.62. The standard InChI is InChI=1S/C29H40N6S/c1-6-21-10-9-12-23(19(2)3)26(21)33-29(36)30-18-20-14-16-22(17-15-20)31-28-32-25-13-8-7-11-24(25)27(34-28)35(4)5/h7-13,19-20,22H,6,14-18H2,1-5H3,(H2,30,33,36)(H,31,32,34)/t20-,22+. The number of fused-ring (bicyclic) bond motifs is 1. The Labute approximate surface area is 221 Å². The fourth-order valence-electron chi connectivity index (χ4n) is 5.10. The average Bonchev–Trinajstić information content (AvgIpc) is 2.87. The molecule has 1 aromatic heterocycles. The summed E-state index contributed by atoms with van der Waals surface area (Å²) in [6.07, 6.45) is 5.51. The Morgan fingerprint density at radius 3 is 2.47 bits per heavy atom. The zero-order chi connectivity index (χ0) is 25.7. The zero-order valence-corrected chi connectivity index (χ0v) is 23.1. The Morgan fingerprint density at radius 1 is 1.03 bits per heavy atom. The van der Waals surface area contributed by atoms with Gasteiger partial charge in [0.25, 0.3) is 0 Å². The largest absolute Gasteiger partial charge is 0.362 e. The predicted octanol–water partition coefficient (Wildman–Crippen LogP) is 6.34. The lowest BCUT2D eigenvalue weighted by molar-refractivity contribution is 0.336. The summed E-state index contributed by atoms with van der Waals surface area (Å²) in [6, 6.07) is 15.1. The molecule has 0 aliphatic heterocycles. The second-order valence-corrected chi connectivity index (χ2v) is 10.8. The van der Waals surface area contributed by atoms with Crippen molar-refractivity contribution in [2.24, 2.45) is 5.92 Å². The third-order valence-electron chi connectivity index (χ3n) is 7.16. The van der Waals surface area contributed by atoms with Gasteiger partial charge < -0.3 is 20.9 Å². The predicted molar refractivity (Wildman–Crippen MR) is 157 cm³/mol. The number of hydrogen-bond acceptors (Lipinski definition) is 5. The molecule has 7 heteroatoms. The summed E-state index contributed by atoms with van der Waals surface area (Å²) in [4.78, 5) is 11.6. The van der Waals surface area contributed by atoms with Crippen LogP contribution in [0.1, 0.15) is 63.5 Å². The average molecular weight is 505 g/mol. The number of benzene rings is 2. The van der Waals surface area contributed by atoms with Gasteiger partial charge in [-0.25, -0.2) is 4.98 Å². The number of nitrogens with zero attached hydrogens (tertiary/aromatic N) is 3. The highest BCUT2D eigenvalue weighted by molar-refractivity contribution is 7.80. The molecular weight excluding hydrogens is 464 g/mol. The first-order valence-corrected chi connectivity index (χ1v) is 13.6. The van der Waals surface area contributed by atoms with E-state index in [0.29, 0.717) is 17.9 Å². The maximum absolute atomic E-state index is 5.68. The summed E-state index contributed by atoms with van der Waals surface area (Å²) >= 11 is 5.68. The minimum atomic E-state index is 0.396. The first kappa shape index (κ1) is 26.1. The summed E-state index contributed by atoms with van der Waals surface area (Å²) < 4.78 is 0. The van der Waals surface area contributed by atoms with Crippen molar-refractivity contribution in [3.05, 3.63) is 53.6 Å². The normalized spacial score (nSPS) is 17.7. The Morgan fingerprint density at radius 2 is 1.78 bits per heavy atom. The third-order valence-corrected chi connectivity index (χ3v) is 7.41. The van der Waals surface area contributed by atoms with Gasteiger partial charge in [-0.05, 0) is 79.4 Å². The molecule has 0 amide bonds. The molecule has 1 saturated carbocycles. The highest BCUT2D eigenvalue weighted by Gasteiger charge is 2.23. The number of para-hydroxylation sites is 2. The second-order valence-electron chi connectivity index (χ2n) is 10.4. The third kappa shape index (κ3) is 6.25. The first-order valence-electron chi connectivity index (χ1n) is 13.2. The molecule has 0 saturated heterocycles. The van der Waals surface area contributed by atoms with Crippen LogP contribution in [0.3, 0.4) is 0 Å². The fourth-order valence-corrected chi connectivity index (χ4v) is 5.29. The molecule has 0 atom stereocenters. The zero-order valence-electron chi connectivity index (χ0n) is 22.3. The van der Waals surface area contributed by atoms with Crippen molar-refractivity contribution in [3.8, 4) is 0 Å². The maximum Gasteiger partial charge on any atom is 0.225 e. The molecule has 2 aromatic carbocycles. The van der Waals surface area contributed by atoms with Gasteiger partial charge in [0.15, 0.2) is 5.11 Å². The molecule has 0 unspecified atom stereocenters. The van der Waals surface area contributed by atoms with Crippen molar-refractivity contribution < 1.29 is 0 Å². The molecular formula is C29H40N6S. The Hall–Kier alpha value is -2.93. The molecule has 1 aliphatic carbocycles. The molecule has 192 valence electrons. The van der Waals surface area contributed by atoms with Crippen LogP contribution in [0.25, 0.3) is 10.9 Å². The molecule has 3 N–H and O–H groups in total. The highest BCUT2D eigenvalue weighted by atomic mass is 32.1. The van der Waals surface area contributed by atoms with E-state index in [2.05, 4.69) is 72.0 Å². The van der Waals surface area contributed by atoms with E-state index in [4.69, 9.17) is 22.2 Å². The summed E-state index contributed by atoms with van der Waals surface area (Å²) in [5.74, 6) is 2.74. The summed E-state index contributed by atoms with van der Waals surface area (Å²) in [5, 5.41) is 12.4. The molecule has 36 heavy (non-hydrogen) atoms. The van der Waals surface area contributed by atoms with Crippen molar-refractivity contribution in [3.63, 3.8) is 0 Å².